The zero-order valence-electron chi connectivity index (χ0n) is 11.4. The molecule has 118 valence electrons. The zero-order valence-corrected chi connectivity index (χ0v) is 13.8. The van der Waals surface area contributed by atoms with Crippen LogP contribution in [0.4, 0.5) is 14.5 Å². The highest BCUT2D eigenvalue weighted by atomic mass is 79.9. The first-order valence-corrected chi connectivity index (χ1v) is 8.39. The predicted molar refractivity (Wildman–Crippen MR) is 82.8 cm³/mol. The quantitative estimate of drug-likeness (QED) is 0.832. The molecule has 0 bridgehead atoms. The van der Waals surface area contributed by atoms with E-state index < -0.39 is 16.6 Å². The van der Waals surface area contributed by atoms with Crippen molar-refractivity contribution in [2.24, 2.45) is 0 Å². The van der Waals surface area contributed by atoms with E-state index in [1.54, 1.807) is 12.1 Å². The van der Waals surface area contributed by atoms with E-state index in [0.717, 1.165) is 5.56 Å². The average Bonchev–Trinajstić information content (AvgIpc) is 2.36. The molecule has 0 aliphatic rings. The number of rotatable bonds is 5. The number of halogens is 3. The van der Waals surface area contributed by atoms with Crippen LogP contribution in [0.3, 0.4) is 0 Å². The number of hydrogen-bond donors (Lipinski definition) is 1. The van der Waals surface area contributed by atoms with Gasteiger partial charge in [0.05, 0.1) is 10.6 Å². The van der Waals surface area contributed by atoms with Gasteiger partial charge in [0.2, 0.25) is 0 Å². The summed E-state index contributed by atoms with van der Waals surface area (Å²) in [6.07, 6.45) is 0. The first-order valence-electron chi connectivity index (χ1n) is 6.11. The van der Waals surface area contributed by atoms with Crippen LogP contribution in [0.5, 0.6) is 5.75 Å². The van der Waals surface area contributed by atoms with Crippen LogP contribution in [0.2, 0.25) is 0 Å². The Morgan fingerprint density at radius 2 is 1.77 bits per heavy atom. The van der Waals surface area contributed by atoms with Gasteiger partial charge in [-0.05, 0) is 31.2 Å². The van der Waals surface area contributed by atoms with Crippen molar-refractivity contribution in [1.82, 2.24) is 0 Å². The van der Waals surface area contributed by atoms with Gasteiger partial charge in [-0.15, -0.1) is 0 Å². The van der Waals surface area contributed by atoms with E-state index in [-0.39, 0.29) is 16.3 Å². The lowest BCUT2D eigenvalue weighted by atomic mass is 10.2. The normalized spacial score (nSPS) is 11.5. The third-order valence-electron chi connectivity index (χ3n) is 2.68. The summed E-state index contributed by atoms with van der Waals surface area (Å²) < 4.78 is 56.0. The smallest absolute Gasteiger partial charge is 0.387 e. The van der Waals surface area contributed by atoms with Gasteiger partial charge in [-0.25, -0.2) is 8.42 Å². The highest BCUT2D eigenvalue weighted by molar-refractivity contribution is 9.10. The summed E-state index contributed by atoms with van der Waals surface area (Å²) in [7, 11) is -3.81. The minimum absolute atomic E-state index is 0.0782. The van der Waals surface area contributed by atoms with E-state index in [1.165, 1.54) is 30.3 Å². The Balaban J connectivity index is 2.29. The summed E-state index contributed by atoms with van der Waals surface area (Å²) in [5.74, 6) is -0.147. The standard InChI is InChI=1S/C14H12BrF2NO3S/c1-9-2-4-13(5-3-9)22(19,20)18-11-6-10(15)7-12(8-11)21-14(16)17/h2-8,14,18H,1H3. The highest BCUT2D eigenvalue weighted by Gasteiger charge is 2.15. The lowest BCUT2D eigenvalue weighted by molar-refractivity contribution is -0.0498. The van der Waals surface area contributed by atoms with Gasteiger partial charge in [0.15, 0.2) is 0 Å². The molecule has 0 saturated heterocycles. The molecule has 0 saturated carbocycles. The molecule has 0 heterocycles. The van der Waals surface area contributed by atoms with Gasteiger partial charge < -0.3 is 4.74 Å². The molecule has 0 radical (unpaired) electrons. The Labute approximate surface area is 135 Å². The fourth-order valence-corrected chi connectivity index (χ4v) is 3.24. The molecule has 0 aliphatic carbocycles. The summed E-state index contributed by atoms with van der Waals surface area (Å²) in [6, 6.07) is 10.2. The molecule has 1 N–H and O–H groups in total. The number of ether oxygens (including phenoxy) is 1. The topological polar surface area (TPSA) is 55.4 Å². The van der Waals surface area contributed by atoms with Gasteiger partial charge in [0.25, 0.3) is 10.0 Å². The maximum atomic E-state index is 12.2. The lowest BCUT2D eigenvalue weighted by Crippen LogP contribution is -2.13. The molecule has 2 aromatic rings. The molecule has 8 heteroatoms. The minimum atomic E-state index is -3.81. The second kappa shape index (κ2) is 6.62. The Kier molecular flexibility index (Phi) is 5.02. The maximum absolute atomic E-state index is 12.2. The van der Waals surface area contributed by atoms with Crippen molar-refractivity contribution in [2.45, 2.75) is 18.4 Å². The second-order valence-corrected chi connectivity index (χ2v) is 7.07. The van der Waals surface area contributed by atoms with E-state index in [0.29, 0.717) is 4.47 Å². The van der Waals surface area contributed by atoms with Gasteiger partial charge >= 0.3 is 6.61 Å². The molecular formula is C14H12BrF2NO3S. The van der Waals surface area contributed by atoms with E-state index in [4.69, 9.17) is 0 Å². The molecular weight excluding hydrogens is 380 g/mol. The van der Waals surface area contributed by atoms with Gasteiger partial charge in [-0.1, -0.05) is 33.6 Å². The van der Waals surface area contributed by atoms with Crippen molar-refractivity contribution >= 4 is 31.6 Å². The van der Waals surface area contributed by atoms with Gasteiger partial charge in [-0.2, -0.15) is 8.78 Å². The number of hydrogen-bond acceptors (Lipinski definition) is 3. The molecule has 0 aliphatic heterocycles. The van der Waals surface area contributed by atoms with Crippen LogP contribution in [0.15, 0.2) is 51.8 Å². The van der Waals surface area contributed by atoms with Gasteiger partial charge in [-0.3, -0.25) is 4.72 Å². The molecule has 0 fully saturated rings. The summed E-state index contributed by atoms with van der Waals surface area (Å²) in [5, 5.41) is 0. The van der Waals surface area contributed by atoms with Crippen LogP contribution in [-0.4, -0.2) is 15.0 Å². The van der Waals surface area contributed by atoms with Gasteiger partial charge in [0.1, 0.15) is 5.75 Å². The highest BCUT2D eigenvalue weighted by Crippen LogP contribution is 2.27. The van der Waals surface area contributed by atoms with Crippen molar-refractivity contribution < 1.29 is 21.9 Å². The molecule has 4 nitrogen and oxygen atoms in total. The maximum Gasteiger partial charge on any atom is 0.387 e. The SMILES string of the molecule is Cc1ccc(S(=O)(=O)Nc2cc(Br)cc(OC(F)F)c2)cc1. The Morgan fingerprint density at radius 1 is 1.14 bits per heavy atom. The van der Waals surface area contributed by atoms with Crippen molar-refractivity contribution in [1.29, 1.82) is 0 Å². The molecule has 0 unspecified atom stereocenters. The summed E-state index contributed by atoms with van der Waals surface area (Å²) in [4.78, 5) is 0.0782. The molecule has 2 rings (SSSR count). The van der Waals surface area contributed by atoms with Crippen LogP contribution in [0.1, 0.15) is 5.56 Å². The number of sulfonamides is 1. The van der Waals surface area contributed by atoms with Crippen molar-refractivity contribution in [3.8, 4) is 5.75 Å². The van der Waals surface area contributed by atoms with Crippen LogP contribution < -0.4 is 9.46 Å². The monoisotopic (exact) mass is 391 g/mol. The van der Waals surface area contributed by atoms with Crippen LogP contribution in [-0.2, 0) is 10.0 Å². The summed E-state index contributed by atoms with van der Waals surface area (Å²) in [6.45, 7) is -1.15. The lowest BCUT2D eigenvalue weighted by Gasteiger charge is -2.11. The first-order chi connectivity index (χ1) is 10.3. The number of nitrogens with one attached hydrogen (secondary N) is 1. The van der Waals surface area contributed by atoms with E-state index in [1.807, 2.05) is 6.92 Å². The third kappa shape index (κ3) is 4.41. The molecule has 0 atom stereocenters. The van der Waals surface area contributed by atoms with Gasteiger partial charge in [0, 0.05) is 10.5 Å². The summed E-state index contributed by atoms with van der Waals surface area (Å²) >= 11 is 3.12. The van der Waals surface area contributed by atoms with E-state index >= 15 is 0 Å². The molecule has 0 amide bonds. The zero-order chi connectivity index (χ0) is 16.3. The largest absolute Gasteiger partial charge is 0.435 e. The fourth-order valence-electron chi connectivity index (χ4n) is 1.72. The molecule has 0 aromatic heterocycles. The van der Waals surface area contributed by atoms with Crippen LogP contribution >= 0.6 is 15.9 Å². The Bertz CT molecular complexity index is 764. The molecule has 22 heavy (non-hydrogen) atoms. The third-order valence-corrected chi connectivity index (χ3v) is 4.54. The molecule has 0 spiro atoms. The van der Waals surface area contributed by atoms with E-state index in [2.05, 4.69) is 25.4 Å². The number of alkyl halides is 2. The van der Waals surface area contributed by atoms with Crippen molar-refractivity contribution in [2.75, 3.05) is 4.72 Å². The number of aryl methyl sites for hydroxylation is 1. The second-order valence-electron chi connectivity index (χ2n) is 4.47. The predicted octanol–water partition coefficient (Wildman–Crippen LogP) is 4.16. The van der Waals surface area contributed by atoms with Crippen molar-refractivity contribution in [3.63, 3.8) is 0 Å². The molecule has 2 aromatic carbocycles. The average molecular weight is 392 g/mol. The fraction of sp³-hybridized carbons (Fsp3) is 0.143. The van der Waals surface area contributed by atoms with E-state index in [9.17, 15) is 17.2 Å². The first kappa shape index (κ1) is 16.7. The number of anilines is 1. The minimum Gasteiger partial charge on any atom is -0.435 e. The summed E-state index contributed by atoms with van der Waals surface area (Å²) in [5.41, 5.74) is 1.04. The Morgan fingerprint density at radius 3 is 2.36 bits per heavy atom. The van der Waals surface area contributed by atoms with Crippen LogP contribution in [0.25, 0.3) is 0 Å². The van der Waals surface area contributed by atoms with Crippen LogP contribution in [0, 0.1) is 6.92 Å². The number of benzene rings is 2. The van der Waals surface area contributed by atoms with Crippen molar-refractivity contribution in [3.05, 3.63) is 52.5 Å². The Hall–Kier alpha value is -1.67.